The summed E-state index contributed by atoms with van der Waals surface area (Å²) in [6.07, 6.45) is 8.40. The fraction of sp³-hybridized carbons (Fsp3) is 0. The van der Waals surface area contributed by atoms with Crippen molar-refractivity contribution in [2.24, 2.45) is 0 Å². The van der Waals surface area contributed by atoms with Gasteiger partial charge in [0.05, 0.1) is 0 Å². The van der Waals surface area contributed by atoms with Gasteiger partial charge in [0.25, 0.3) is 0 Å². The summed E-state index contributed by atoms with van der Waals surface area (Å²) in [5.41, 5.74) is 4.90. The first-order valence-electron chi connectivity index (χ1n) is 8.09. The van der Waals surface area contributed by atoms with Crippen LogP contribution in [-0.2, 0) is 0 Å². The van der Waals surface area contributed by atoms with Crippen LogP contribution in [0.2, 0.25) is 0 Å². The predicted molar refractivity (Wildman–Crippen MR) is 115 cm³/mol. The van der Waals surface area contributed by atoms with Gasteiger partial charge in [0.1, 0.15) is 0 Å². The predicted octanol–water partition coefficient (Wildman–Crippen LogP) is 5.14. The van der Waals surface area contributed by atoms with Crippen LogP contribution in [0.4, 0.5) is 11.4 Å². The van der Waals surface area contributed by atoms with Gasteiger partial charge in [-0.3, -0.25) is 0 Å². The first-order valence-corrected chi connectivity index (χ1v) is 10.4. The zero-order valence-corrected chi connectivity index (χ0v) is 18.9. The topological polar surface area (TPSA) is 3.24 Å². The van der Waals surface area contributed by atoms with Gasteiger partial charge >= 0.3 is 154 Å². The first-order chi connectivity index (χ1) is 12.2. The molecule has 3 aromatic rings. The molecule has 0 bridgehead atoms. The van der Waals surface area contributed by atoms with Crippen molar-refractivity contribution < 1.29 is 0 Å². The Kier molecular flexibility index (Phi) is 6.60. The molecule has 3 heteroatoms. The van der Waals surface area contributed by atoms with Crippen LogP contribution in [0.3, 0.4) is 0 Å². The Morgan fingerprint density at radius 3 is 1.68 bits per heavy atom. The molecular formula is C22H19NPPb. The second kappa shape index (κ2) is 9.12. The van der Waals surface area contributed by atoms with Crippen LogP contribution in [0.5, 0.6) is 0 Å². The van der Waals surface area contributed by atoms with Crippen LogP contribution in [-0.4, -0.2) is 26.1 Å². The average molecular weight is 536 g/mol. The molecule has 0 N–H and O–H groups in total. The summed E-state index contributed by atoms with van der Waals surface area (Å²) in [6.45, 7) is 0. The van der Waals surface area contributed by atoms with Gasteiger partial charge in [-0.05, 0) is 5.30 Å². The number of hydrogen-bond acceptors (Lipinski definition) is 1. The molecule has 3 aromatic carbocycles. The molecule has 0 amide bonds. The summed E-state index contributed by atoms with van der Waals surface area (Å²) in [4.78, 5) is 0. The zero-order chi connectivity index (χ0) is 17.5. The minimum atomic E-state index is 0.953. The van der Waals surface area contributed by atoms with Gasteiger partial charge in [0.2, 0.25) is 0 Å². The van der Waals surface area contributed by atoms with Crippen LogP contribution >= 0.6 is 9.24 Å². The third-order valence-corrected chi connectivity index (χ3v) is 6.18. The standard InChI is InChI=1S/C22H19NP.Pb/c24-22-16-12-19(13-17-22)7-5-4-6-18-10-14-21(15-11-18)23-20-8-2-1-3-9-20;/h1-17H,24H2;/q-1;+1/b6-4+,7-5+;. The van der Waals surface area contributed by atoms with Crippen molar-refractivity contribution in [2.45, 2.75) is 0 Å². The van der Waals surface area contributed by atoms with Crippen LogP contribution in [0.1, 0.15) is 11.1 Å². The van der Waals surface area contributed by atoms with Crippen LogP contribution < -0.4 is 8.01 Å². The van der Waals surface area contributed by atoms with Gasteiger partial charge in [0, 0.05) is 0 Å². The number of allylic oxidation sites excluding steroid dienone is 2. The van der Waals surface area contributed by atoms with E-state index in [1.165, 1.54) is 27.8 Å². The van der Waals surface area contributed by atoms with E-state index in [4.69, 9.17) is 0 Å². The summed E-state index contributed by atoms with van der Waals surface area (Å²) in [5.74, 6) is 0. The van der Waals surface area contributed by atoms with Crippen molar-refractivity contribution >= 4 is 64.1 Å². The molecule has 1 unspecified atom stereocenters. The Morgan fingerprint density at radius 1 is 0.640 bits per heavy atom. The maximum absolute atomic E-state index is 2.70. The Hall–Kier alpha value is -1.71. The van der Waals surface area contributed by atoms with Crippen molar-refractivity contribution in [1.29, 1.82) is 0 Å². The Bertz CT molecular complexity index is 853. The average Bonchev–Trinajstić information content (AvgIpc) is 2.67. The monoisotopic (exact) mass is 536 g/mol. The van der Waals surface area contributed by atoms with E-state index >= 15 is 0 Å². The third kappa shape index (κ3) is 5.38. The molecule has 25 heavy (non-hydrogen) atoms. The fourth-order valence-electron chi connectivity index (χ4n) is 2.40. The molecule has 0 aliphatic heterocycles. The quantitative estimate of drug-likeness (QED) is 0.249. The zero-order valence-electron chi connectivity index (χ0n) is 13.8. The van der Waals surface area contributed by atoms with E-state index in [1.807, 2.05) is 0 Å². The summed E-state index contributed by atoms with van der Waals surface area (Å²) in [6, 6.07) is 27.6. The van der Waals surface area contributed by atoms with E-state index in [9.17, 15) is 0 Å². The molecular weight excluding hydrogens is 516 g/mol. The van der Waals surface area contributed by atoms with Gasteiger partial charge in [-0.2, -0.15) is 0 Å². The summed E-state index contributed by atoms with van der Waals surface area (Å²) >= 11 is 0.953. The number of anilines is 2. The maximum atomic E-state index is 2.70. The minimum absolute atomic E-state index is 0.953. The van der Waals surface area contributed by atoms with Gasteiger partial charge in [-0.15, -0.1) is 9.24 Å². The van der Waals surface area contributed by atoms with Crippen molar-refractivity contribution in [2.75, 3.05) is 2.71 Å². The van der Waals surface area contributed by atoms with E-state index in [1.54, 1.807) is 0 Å². The molecule has 1 nitrogen and oxygen atoms in total. The molecule has 0 aromatic heterocycles. The Labute approximate surface area is 168 Å². The second-order valence-electron chi connectivity index (χ2n) is 5.65. The van der Waals surface area contributed by atoms with E-state index in [2.05, 4.69) is 115 Å². The molecule has 0 aliphatic rings. The second-order valence-corrected chi connectivity index (χ2v) is 8.05. The van der Waals surface area contributed by atoms with E-state index in [0.29, 0.717) is 0 Å². The Morgan fingerprint density at radius 2 is 1.12 bits per heavy atom. The summed E-state index contributed by atoms with van der Waals surface area (Å²) < 4.78 is 2.32. The van der Waals surface area contributed by atoms with Crippen molar-refractivity contribution in [3.8, 4) is 0 Å². The number of hydrogen-bond donors (Lipinski definition) is 0. The van der Waals surface area contributed by atoms with Gasteiger partial charge in [0.15, 0.2) is 0 Å². The molecule has 0 heterocycles. The molecule has 0 aliphatic carbocycles. The summed E-state index contributed by atoms with van der Waals surface area (Å²) in [7, 11) is 2.70. The molecule has 1 atom stereocenters. The fourth-order valence-corrected chi connectivity index (χ4v) is 3.75. The molecule has 3 rings (SSSR count). The van der Waals surface area contributed by atoms with Gasteiger partial charge < -0.3 is 0 Å². The van der Waals surface area contributed by atoms with Crippen molar-refractivity contribution in [3.63, 3.8) is 0 Å². The van der Waals surface area contributed by atoms with Crippen molar-refractivity contribution in [3.05, 3.63) is 102 Å². The molecule has 0 saturated carbocycles. The number of benzene rings is 3. The molecule has 0 fully saturated rings. The van der Waals surface area contributed by atoms with Crippen LogP contribution in [0.25, 0.3) is 12.2 Å². The van der Waals surface area contributed by atoms with Gasteiger partial charge in [-0.1, -0.05) is 0 Å². The molecule has 3 radical (unpaired) electrons. The third-order valence-electron chi connectivity index (χ3n) is 3.79. The first kappa shape index (κ1) is 18.1. The SMILES string of the molecule is Pc1ccc(/C=C/C=C/c2ccc([N]([Pb])c3ccccc3)cc2)cc1. The number of nitrogens with zero attached hydrogens (tertiary/aromatic N) is 1. The van der Waals surface area contributed by atoms with Crippen LogP contribution in [0, 0.1) is 0 Å². The van der Waals surface area contributed by atoms with E-state index in [-0.39, 0.29) is 0 Å². The normalized spacial score (nSPS) is 11.3. The number of para-hydroxylation sites is 1. The van der Waals surface area contributed by atoms with Gasteiger partial charge in [-0.25, -0.2) is 0 Å². The van der Waals surface area contributed by atoms with E-state index < -0.39 is 0 Å². The molecule has 0 saturated heterocycles. The number of rotatable bonds is 5. The molecule has 121 valence electrons. The van der Waals surface area contributed by atoms with Crippen molar-refractivity contribution in [1.82, 2.24) is 0 Å². The molecule has 0 spiro atoms. The van der Waals surface area contributed by atoms with Crippen LogP contribution in [0.15, 0.2) is 91.0 Å². The summed E-state index contributed by atoms with van der Waals surface area (Å²) in [5, 5.41) is 1.20. The van der Waals surface area contributed by atoms with E-state index in [0.717, 1.165) is 26.1 Å². The Balaban J connectivity index is 1.63.